The fraction of sp³-hybridized carbons (Fsp3) is 0.462. The minimum absolute atomic E-state index is 0. The number of halogens is 1. The zero-order chi connectivity index (χ0) is 14.8. The monoisotopic (exact) mass is 314 g/mol. The van der Waals surface area contributed by atoms with Crippen molar-refractivity contribution in [2.24, 2.45) is 5.73 Å². The minimum Gasteiger partial charge on any atom is -0.393 e. The van der Waals surface area contributed by atoms with Crippen molar-refractivity contribution in [2.75, 3.05) is 12.3 Å². The van der Waals surface area contributed by atoms with Gasteiger partial charge in [-0.2, -0.15) is 0 Å². The van der Waals surface area contributed by atoms with Crippen molar-refractivity contribution in [3.8, 4) is 0 Å². The molecule has 0 spiro atoms. The Morgan fingerprint density at radius 1 is 1.38 bits per heavy atom. The highest BCUT2D eigenvalue weighted by Gasteiger charge is 2.34. The van der Waals surface area contributed by atoms with Crippen molar-refractivity contribution >= 4 is 29.7 Å². The van der Waals surface area contributed by atoms with E-state index in [9.17, 15) is 14.9 Å². The lowest BCUT2D eigenvalue weighted by Crippen LogP contribution is -2.51. The van der Waals surface area contributed by atoms with Crippen molar-refractivity contribution < 1.29 is 9.72 Å². The van der Waals surface area contributed by atoms with E-state index in [0.29, 0.717) is 6.54 Å². The molecule has 0 radical (unpaired) electrons. The number of carbonyl (C=O) groups is 1. The topological polar surface area (TPSA) is 124 Å². The predicted octanol–water partition coefficient (Wildman–Crippen LogP) is 1.60. The van der Waals surface area contributed by atoms with Crippen LogP contribution in [0.4, 0.5) is 11.4 Å². The Morgan fingerprint density at radius 3 is 2.52 bits per heavy atom. The SMILES string of the molecule is Cl.NCC1(NC(=O)c2ccc(N)c([N+](=O)[O-])c2)CCCC1. The van der Waals surface area contributed by atoms with Gasteiger partial charge in [0.15, 0.2) is 0 Å². The normalized spacial score (nSPS) is 16.0. The van der Waals surface area contributed by atoms with Gasteiger partial charge in [-0.15, -0.1) is 12.4 Å². The molecular weight excluding hydrogens is 296 g/mol. The van der Waals surface area contributed by atoms with Crippen molar-refractivity contribution in [1.82, 2.24) is 5.32 Å². The number of nitro benzene ring substituents is 1. The largest absolute Gasteiger partial charge is 0.393 e. The molecular formula is C13H19ClN4O3. The number of nitrogens with two attached hydrogens (primary N) is 2. The second-order valence-corrected chi connectivity index (χ2v) is 5.18. The van der Waals surface area contributed by atoms with E-state index in [1.807, 2.05) is 0 Å². The number of nitrogens with one attached hydrogen (secondary N) is 1. The Balaban J connectivity index is 0.00000220. The lowest BCUT2D eigenvalue weighted by molar-refractivity contribution is -0.383. The van der Waals surface area contributed by atoms with Crippen LogP contribution < -0.4 is 16.8 Å². The second kappa shape index (κ2) is 6.73. The third-order valence-electron chi connectivity index (χ3n) is 3.82. The second-order valence-electron chi connectivity index (χ2n) is 5.18. The van der Waals surface area contributed by atoms with Gasteiger partial charge in [0, 0.05) is 18.2 Å². The highest BCUT2D eigenvalue weighted by atomic mass is 35.5. The molecule has 0 atom stereocenters. The lowest BCUT2D eigenvalue weighted by Gasteiger charge is -2.28. The van der Waals surface area contributed by atoms with Crippen LogP contribution in [0.2, 0.25) is 0 Å². The number of anilines is 1. The van der Waals surface area contributed by atoms with Crippen LogP contribution in [-0.2, 0) is 0 Å². The number of nitro groups is 1. The number of hydrogen-bond acceptors (Lipinski definition) is 5. The van der Waals surface area contributed by atoms with Gasteiger partial charge in [0.05, 0.1) is 10.5 Å². The summed E-state index contributed by atoms with van der Waals surface area (Å²) in [6.07, 6.45) is 3.73. The molecule has 1 aliphatic rings. The van der Waals surface area contributed by atoms with Gasteiger partial charge in [0.25, 0.3) is 11.6 Å². The van der Waals surface area contributed by atoms with Gasteiger partial charge >= 0.3 is 0 Å². The fourth-order valence-corrected chi connectivity index (χ4v) is 2.59. The number of carbonyl (C=O) groups excluding carboxylic acids is 1. The smallest absolute Gasteiger partial charge is 0.292 e. The molecule has 5 N–H and O–H groups in total. The fourth-order valence-electron chi connectivity index (χ4n) is 2.59. The summed E-state index contributed by atoms with van der Waals surface area (Å²) < 4.78 is 0. The third kappa shape index (κ3) is 3.62. The van der Waals surface area contributed by atoms with Crippen molar-refractivity contribution in [3.05, 3.63) is 33.9 Å². The summed E-state index contributed by atoms with van der Waals surface area (Å²) >= 11 is 0. The van der Waals surface area contributed by atoms with E-state index in [4.69, 9.17) is 11.5 Å². The molecule has 0 heterocycles. The van der Waals surface area contributed by atoms with Crippen LogP contribution in [0.5, 0.6) is 0 Å². The van der Waals surface area contributed by atoms with Gasteiger partial charge in [-0.25, -0.2) is 0 Å². The Labute approximate surface area is 128 Å². The van der Waals surface area contributed by atoms with Crippen molar-refractivity contribution in [2.45, 2.75) is 31.2 Å². The molecule has 0 unspecified atom stereocenters. The number of amides is 1. The number of hydrogen-bond donors (Lipinski definition) is 3. The number of nitrogen functional groups attached to an aromatic ring is 1. The zero-order valence-electron chi connectivity index (χ0n) is 11.5. The zero-order valence-corrected chi connectivity index (χ0v) is 12.3. The Hall–Kier alpha value is -1.86. The molecule has 2 rings (SSSR count). The van der Waals surface area contributed by atoms with Gasteiger partial charge in [0.1, 0.15) is 5.69 Å². The van der Waals surface area contributed by atoms with E-state index < -0.39 is 4.92 Å². The van der Waals surface area contributed by atoms with E-state index >= 15 is 0 Å². The van der Waals surface area contributed by atoms with Crippen LogP contribution in [0.3, 0.4) is 0 Å². The van der Waals surface area contributed by atoms with Gasteiger partial charge in [0.2, 0.25) is 0 Å². The molecule has 1 amide bonds. The maximum atomic E-state index is 12.2. The van der Waals surface area contributed by atoms with E-state index in [2.05, 4.69) is 5.32 Å². The maximum Gasteiger partial charge on any atom is 0.292 e. The molecule has 0 aromatic heterocycles. The number of nitrogens with zero attached hydrogens (tertiary/aromatic N) is 1. The molecule has 8 heteroatoms. The molecule has 0 aliphatic heterocycles. The predicted molar refractivity (Wildman–Crippen MR) is 82.5 cm³/mol. The molecule has 1 aromatic carbocycles. The lowest BCUT2D eigenvalue weighted by atomic mass is 9.97. The molecule has 1 aromatic rings. The Bertz CT molecular complexity index is 544. The number of benzene rings is 1. The molecule has 0 bridgehead atoms. The molecule has 0 saturated heterocycles. The quantitative estimate of drug-likeness (QED) is 0.442. The first kappa shape index (κ1) is 17.2. The molecule has 21 heavy (non-hydrogen) atoms. The van der Waals surface area contributed by atoms with Gasteiger partial charge in [-0.1, -0.05) is 12.8 Å². The van der Waals surface area contributed by atoms with Crippen LogP contribution in [-0.4, -0.2) is 22.9 Å². The van der Waals surface area contributed by atoms with Gasteiger partial charge in [-0.05, 0) is 25.0 Å². The molecule has 1 aliphatic carbocycles. The molecule has 116 valence electrons. The average molecular weight is 315 g/mol. The van der Waals surface area contributed by atoms with E-state index in [0.717, 1.165) is 25.7 Å². The number of rotatable bonds is 4. The van der Waals surface area contributed by atoms with Crippen LogP contribution in [0.15, 0.2) is 18.2 Å². The first-order chi connectivity index (χ1) is 9.47. The standard InChI is InChI=1S/C13H18N4O3.ClH/c14-8-13(5-1-2-6-13)16-12(18)9-3-4-10(15)11(7-9)17(19)20;/h3-4,7H,1-2,5-6,8,14-15H2,(H,16,18);1H. The van der Waals surface area contributed by atoms with Crippen molar-refractivity contribution in [3.63, 3.8) is 0 Å². The van der Waals surface area contributed by atoms with Crippen LogP contribution in [0.1, 0.15) is 36.0 Å². The maximum absolute atomic E-state index is 12.2. The van der Waals surface area contributed by atoms with E-state index in [1.54, 1.807) is 0 Å². The van der Waals surface area contributed by atoms with E-state index in [-0.39, 0.29) is 40.8 Å². The third-order valence-corrected chi connectivity index (χ3v) is 3.82. The summed E-state index contributed by atoms with van der Waals surface area (Å²) in [7, 11) is 0. The minimum atomic E-state index is -0.597. The first-order valence-corrected chi connectivity index (χ1v) is 6.54. The Morgan fingerprint density at radius 2 is 2.00 bits per heavy atom. The Kier molecular flexibility index (Phi) is 5.51. The van der Waals surface area contributed by atoms with Gasteiger partial charge < -0.3 is 16.8 Å². The summed E-state index contributed by atoms with van der Waals surface area (Å²) in [4.78, 5) is 22.5. The van der Waals surface area contributed by atoms with Crippen LogP contribution in [0, 0.1) is 10.1 Å². The van der Waals surface area contributed by atoms with Crippen LogP contribution >= 0.6 is 12.4 Å². The van der Waals surface area contributed by atoms with Crippen molar-refractivity contribution in [1.29, 1.82) is 0 Å². The summed E-state index contributed by atoms with van der Waals surface area (Å²) in [6, 6.07) is 4.05. The molecule has 7 nitrogen and oxygen atoms in total. The summed E-state index contributed by atoms with van der Waals surface area (Å²) in [5.74, 6) is -0.347. The summed E-state index contributed by atoms with van der Waals surface area (Å²) in [6.45, 7) is 0.371. The van der Waals surface area contributed by atoms with E-state index in [1.165, 1.54) is 18.2 Å². The summed E-state index contributed by atoms with van der Waals surface area (Å²) in [5, 5.41) is 13.8. The van der Waals surface area contributed by atoms with Gasteiger partial charge in [-0.3, -0.25) is 14.9 Å². The van der Waals surface area contributed by atoms with Crippen LogP contribution in [0.25, 0.3) is 0 Å². The molecule has 1 fully saturated rings. The average Bonchev–Trinajstić information content (AvgIpc) is 2.88. The highest BCUT2D eigenvalue weighted by Crippen LogP contribution is 2.29. The molecule has 1 saturated carbocycles. The first-order valence-electron chi connectivity index (χ1n) is 6.54. The summed E-state index contributed by atoms with van der Waals surface area (Å²) in [5.41, 5.74) is 10.9. The highest BCUT2D eigenvalue weighted by molar-refractivity contribution is 5.96.